The van der Waals surface area contributed by atoms with Crippen LogP contribution >= 0.6 is 0 Å². The van der Waals surface area contributed by atoms with Crippen molar-refractivity contribution in [2.75, 3.05) is 26.2 Å². The summed E-state index contributed by atoms with van der Waals surface area (Å²) in [5, 5.41) is 15.2. The first-order valence-electron chi connectivity index (χ1n) is 6.14. The fourth-order valence-electron chi connectivity index (χ4n) is 2.73. The highest BCUT2D eigenvalue weighted by Crippen LogP contribution is 2.27. The van der Waals surface area contributed by atoms with Crippen LogP contribution in [0.2, 0.25) is 0 Å². The first kappa shape index (κ1) is 11.7. The quantitative estimate of drug-likeness (QED) is 0.274. The van der Waals surface area contributed by atoms with Gasteiger partial charge in [-0.25, -0.2) is 0 Å². The highest BCUT2D eigenvalue weighted by Gasteiger charge is 2.33. The monoisotopic (exact) mass is 226 g/mol. The van der Waals surface area contributed by atoms with Gasteiger partial charge in [0, 0.05) is 25.0 Å². The van der Waals surface area contributed by atoms with Crippen molar-refractivity contribution in [1.29, 1.82) is 0 Å². The van der Waals surface area contributed by atoms with Gasteiger partial charge in [-0.2, -0.15) is 0 Å². The van der Waals surface area contributed by atoms with Crippen LogP contribution in [0, 0.1) is 11.8 Å². The minimum absolute atomic E-state index is 0.0976. The molecule has 2 atom stereocenters. The number of nitrogens with two attached hydrogens (primary N) is 1. The normalized spacial score (nSPS) is 36.3. The second kappa shape index (κ2) is 5.01. The highest BCUT2D eigenvalue weighted by atomic mass is 16.4. The van der Waals surface area contributed by atoms with E-state index in [1.54, 1.807) is 0 Å². The summed E-state index contributed by atoms with van der Waals surface area (Å²) in [5.41, 5.74) is 5.56. The van der Waals surface area contributed by atoms with Gasteiger partial charge in [0.15, 0.2) is 0 Å². The molecule has 0 aromatic carbocycles. The van der Waals surface area contributed by atoms with Crippen molar-refractivity contribution < 1.29 is 5.21 Å². The van der Waals surface area contributed by atoms with E-state index >= 15 is 0 Å². The van der Waals surface area contributed by atoms with Crippen molar-refractivity contribution in [3.8, 4) is 0 Å². The topological polar surface area (TPSA) is 73.9 Å². The number of hydrogen-bond acceptors (Lipinski definition) is 4. The molecule has 0 saturated carbocycles. The minimum Gasteiger partial charge on any atom is -0.409 e. The van der Waals surface area contributed by atoms with E-state index in [1.165, 1.54) is 25.9 Å². The molecule has 3 fully saturated rings. The van der Waals surface area contributed by atoms with E-state index in [4.69, 9.17) is 10.9 Å². The summed E-state index contributed by atoms with van der Waals surface area (Å²) in [5.74, 6) is 1.23. The van der Waals surface area contributed by atoms with Crippen molar-refractivity contribution in [2.45, 2.75) is 25.8 Å². The van der Waals surface area contributed by atoms with Crippen LogP contribution in [0.5, 0.6) is 0 Å². The van der Waals surface area contributed by atoms with Crippen LogP contribution in [-0.4, -0.2) is 48.2 Å². The van der Waals surface area contributed by atoms with Gasteiger partial charge in [-0.1, -0.05) is 12.1 Å². The Morgan fingerprint density at radius 2 is 2.25 bits per heavy atom. The van der Waals surface area contributed by atoms with E-state index in [0.717, 1.165) is 19.0 Å². The van der Waals surface area contributed by atoms with Crippen LogP contribution in [0.4, 0.5) is 0 Å². The van der Waals surface area contributed by atoms with Gasteiger partial charge < -0.3 is 21.2 Å². The molecule has 4 N–H and O–H groups in total. The Kier molecular flexibility index (Phi) is 3.66. The van der Waals surface area contributed by atoms with Crippen molar-refractivity contribution in [2.24, 2.45) is 22.7 Å². The summed E-state index contributed by atoms with van der Waals surface area (Å²) in [6, 6.07) is 0.594. The first-order valence-corrected chi connectivity index (χ1v) is 6.14. The van der Waals surface area contributed by atoms with Crippen molar-refractivity contribution in [3.63, 3.8) is 0 Å². The summed E-state index contributed by atoms with van der Waals surface area (Å²) < 4.78 is 0. The molecule has 2 bridgehead atoms. The Balaban J connectivity index is 1.78. The Hall–Kier alpha value is -0.810. The van der Waals surface area contributed by atoms with Crippen molar-refractivity contribution in [1.82, 2.24) is 10.2 Å². The molecular formula is C11H22N4O. The number of hydrogen-bond donors (Lipinski definition) is 3. The molecular weight excluding hydrogens is 204 g/mol. The lowest BCUT2D eigenvalue weighted by Gasteiger charge is -2.45. The van der Waals surface area contributed by atoms with Gasteiger partial charge in [0.1, 0.15) is 5.84 Å². The number of oxime groups is 1. The fraction of sp³-hybridized carbons (Fsp3) is 0.909. The molecule has 0 aromatic heterocycles. The zero-order chi connectivity index (χ0) is 11.5. The molecule has 5 nitrogen and oxygen atoms in total. The van der Waals surface area contributed by atoms with Crippen LogP contribution in [0.15, 0.2) is 5.16 Å². The Bertz CT molecular complexity index is 261. The van der Waals surface area contributed by atoms with E-state index in [1.807, 2.05) is 6.92 Å². The number of rotatable bonds is 4. The lowest BCUT2D eigenvalue weighted by molar-refractivity contribution is 0.0721. The molecule has 5 heteroatoms. The number of amidine groups is 1. The van der Waals surface area contributed by atoms with E-state index < -0.39 is 0 Å². The number of nitrogens with zero attached hydrogens (tertiary/aromatic N) is 2. The van der Waals surface area contributed by atoms with Gasteiger partial charge in [-0.15, -0.1) is 0 Å². The van der Waals surface area contributed by atoms with Crippen LogP contribution in [0.1, 0.15) is 19.8 Å². The zero-order valence-electron chi connectivity index (χ0n) is 9.89. The van der Waals surface area contributed by atoms with E-state index in [9.17, 15) is 0 Å². The zero-order valence-corrected chi connectivity index (χ0v) is 9.89. The molecule has 3 rings (SSSR count). The van der Waals surface area contributed by atoms with Gasteiger partial charge in [-0.3, -0.25) is 0 Å². The summed E-state index contributed by atoms with van der Waals surface area (Å²) in [4.78, 5) is 2.52. The number of nitrogens with one attached hydrogen (secondary N) is 1. The van der Waals surface area contributed by atoms with E-state index in [-0.39, 0.29) is 5.92 Å². The molecule has 16 heavy (non-hydrogen) atoms. The van der Waals surface area contributed by atoms with Crippen molar-refractivity contribution in [3.05, 3.63) is 0 Å². The van der Waals surface area contributed by atoms with Crippen LogP contribution < -0.4 is 11.1 Å². The number of fused-ring (bicyclic) bond motifs is 3. The lowest BCUT2D eigenvalue weighted by atomic mass is 9.84. The molecule has 3 heterocycles. The molecule has 0 spiro atoms. The molecule has 3 aliphatic rings. The summed E-state index contributed by atoms with van der Waals surface area (Å²) in [6.07, 6.45) is 2.63. The molecule has 0 amide bonds. The maximum absolute atomic E-state index is 8.57. The fourth-order valence-corrected chi connectivity index (χ4v) is 2.73. The largest absolute Gasteiger partial charge is 0.409 e. The average Bonchev–Trinajstić information content (AvgIpc) is 2.36. The summed E-state index contributed by atoms with van der Waals surface area (Å²) in [7, 11) is 0. The minimum atomic E-state index is 0.0976. The van der Waals surface area contributed by atoms with Crippen LogP contribution in [0.25, 0.3) is 0 Å². The third kappa shape index (κ3) is 2.47. The molecule has 0 aromatic rings. The first-order chi connectivity index (χ1) is 7.70. The molecule has 2 unspecified atom stereocenters. The third-order valence-electron chi connectivity index (χ3n) is 3.96. The molecule has 0 aliphatic carbocycles. The second-order valence-corrected chi connectivity index (χ2v) is 5.08. The third-order valence-corrected chi connectivity index (χ3v) is 3.96. The second-order valence-electron chi connectivity index (χ2n) is 5.08. The standard InChI is InChI=1S/C11H22N4O/c1-8(11(12)14-16)6-13-10-7-15-4-2-9(10)3-5-15/h8-10,13,16H,2-7H2,1H3,(H2,12,14). The molecule has 0 radical (unpaired) electrons. The van der Waals surface area contributed by atoms with Gasteiger partial charge in [0.25, 0.3) is 0 Å². The van der Waals surface area contributed by atoms with Crippen molar-refractivity contribution >= 4 is 5.84 Å². The van der Waals surface area contributed by atoms with E-state index in [2.05, 4.69) is 15.4 Å². The van der Waals surface area contributed by atoms with Crippen LogP contribution in [-0.2, 0) is 0 Å². The van der Waals surface area contributed by atoms with Gasteiger partial charge >= 0.3 is 0 Å². The maximum atomic E-state index is 8.57. The summed E-state index contributed by atoms with van der Waals surface area (Å²) in [6.45, 7) is 6.46. The van der Waals surface area contributed by atoms with Gasteiger partial charge in [-0.05, 0) is 31.8 Å². The maximum Gasteiger partial charge on any atom is 0.143 e. The smallest absolute Gasteiger partial charge is 0.143 e. The molecule has 92 valence electrons. The Labute approximate surface area is 96.7 Å². The predicted molar refractivity (Wildman–Crippen MR) is 63.5 cm³/mol. The Morgan fingerprint density at radius 3 is 2.75 bits per heavy atom. The Morgan fingerprint density at radius 1 is 1.56 bits per heavy atom. The van der Waals surface area contributed by atoms with E-state index in [0.29, 0.717) is 11.9 Å². The summed E-state index contributed by atoms with van der Waals surface area (Å²) >= 11 is 0. The van der Waals surface area contributed by atoms with Gasteiger partial charge in [0.2, 0.25) is 0 Å². The molecule has 3 saturated heterocycles. The average molecular weight is 226 g/mol. The van der Waals surface area contributed by atoms with Gasteiger partial charge in [0.05, 0.1) is 0 Å². The predicted octanol–water partition coefficient (Wildman–Crippen LogP) is 0.0527. The SMILES string of the molecule is CC(CNC1CN2CCC1CC2)C(N)=NO. The highest BCUT2D eigenvalue weighted by molar-refractivity contribution is 5.82. The number of piperidine rings is 3. The molecule has 3 aliphatic heterocycles. The van der Waals surface area contributed by atoms with Crippen LogP contribution in [0.3, 0.4) is 0 Å². The lowest BCUT2D eigenvalue weighted by Crippen LogP contribution is -2.56.